The maximum atomic E-state index is 11.1. The molecule has 2 rings (SSSR count). The molecule has 1 unspecified atom stereocenters. The SMILES string of the molecule is COc1ccc(NC(C)CCc2ccco2)c([N+](=O)[O-])c1. The van der Waals surface area contributed by atoms with Gasteiger partial charge in [-0.3, -0.25) is 10.1 Å². The van der Waals surface area contributed by atoms with Crippen LogP contribution in [0, 0.1) is 10.1 Å². The highest BCUT2D eigenvalue weighted by molar-refractivity contribution is 5.64. The van der Waals surface area contributed by atoms with E-state index in [2.05, 4.69) is 5.32 Å². The molecule has 1 aromatic heterocycles. The van der Waals surface area contributed by atoms with Gasteiger partial charge in [-0.2, -0.15) is 0 Å². The Bertz CT molecular complexity index is 596. The molecule has 112 valence electrons. The largest absolute Gasteiger partial charge is 0.496 e. The summed E-state index contributed by atoms with van der Waals surface area (Å²) in [6, 6.07) is 8.64. The van der Waals surface area contributed by atoms with Gasteiger partial charge in [0.25, 0.3) is 5.69 Å². The highest BCUT2D eigenvalue weighted by atomic mass is 16.6. The molecule has 0 fully saturated rings. The Morgan fingerprint density at radius 2 is 2.24 bits per heavy atom. The molecule has 0 bridgehead atoms. The van der Waals surface area contributed by atoms with Gasteiger partial charge in [-0.15, -0.1) is 0 Å². The summed E-state index contributed by atoms with van der Waals surface area (Å²) >= 11 is 0. The highest BCUT2D eigenvalue weighted by Crippen LogP contribution is 2.29. The molecule has 0 aliphatic rings. The van der Waals surface area contributed by atoms with Crippen LogP contribution in [-0.4, -0.2) is 18.1 Å². The van der Waals surface area contributed by atoms with E-state index in [1.54, 1.807) is 18.4 Å². The van der Waals surface area contributed by atoms with Crippen LogP contribution in [0.2, 0.25) is 0 Å². The number of aryl methyl sites for hydroxylation is 1. The number of methoxy groups -OCH3 is 1. The average molecular weight is 290 g/mol. The number of hydrogen-bond acceptors (Lipinski definition) is 5. The molecular weight excluding hydrogens is 272 g/mol. The minimum Gasteiger partial charge on any atom is -0.496 e. The number of nitro benzene ring substituents is 1. The molecule has 1 atom stereocenters. The number of anilines is 1. The van der Waals surface area contributed by atoms with E-state index >= 15 is 0 Å². The van der Waals surface area contributed by atoms with Gasteiger partial charge in [0.2, 0.25) is 0 Å². The van der Waals surface area contributed by atoms with Crippen molar-refractivity contribution in [3.8, 4) is 5.75 Å². The third kappa shape index (κ3) is 3.98. The summed E-state index contributed by atoms with van der Waals surface area (Å²) in [5.41, 5.74) is 0.506. The minimum atomic E-state index is -0.413. The van der Waals surface area contributed by atoms with Gasteiger partial charge in [-0.25, -0.2) is 0 Å². The summed E-state index contributed by atoms with van der Waals surface area (Å²) in [6.45, 7) is 1.98. The number of nitrogens with zero attached hydrogens (tertiary/aromatic N) is 1. The Labute approximate surface area is 122 Å². The maximum absolute atomic E-state index is 11.1. The van der Waals surface area contributed by atoms with Crippen LogP contribution in [0.25, 0.3) is 0 Å². The molecule has 1 heterocycles. The second-order valence-corrected chi connectivity index (χ2v) is 4.80. The summed E-state index contributed by atoms with van der Waals surface area (Å²) in [6.07, 6.45) is 3.24. The van der Waals surface area contributed by atoms with Crippen molar-refractivity contribution in [1.82, 2.24) is 0 Å². The number of nitrogens with one attached hydrogen (secondary N) is 1. The molecule has 0 aliphatic carbocycles. The zero-order chi connectivity index (χ0) is 15.2. The van der Waals surface area contributed by atoms with Crippen molar-refractivity contribution in [3.63, 3.8) is 0 Å². The van der Waals surface area contributed by atoms with E-state index in [9.17, 15) is 10.1 Å². The first kappa shape index (κ1) is 14.9. The lowest BCUT2D eigenvalue weighted by atomic mass is 10.1. The van der Waals surface area contributed by atoms with Crippen LogP contribution in [0.15, 0.2) is 41.0 Å². The van der Waals surface area contributed by atoms with E-state index in [1.165, 1.54) is 13.2 Å². The lowest BCUT2D eigenvalue weighted by Crippen LogP contribution is -2.16. The molecule has 0 saturated heterocycles. The highest BCUT2D eigenvalue weighted by Gasteiger charge is 2.16. The number of hydrogen-bond donors (Lipinski definition) is 1. The second kappa shape index (κ2) is 6.78. The minimum absolute atomic E-state index is 0.0131. The van der Waals surface area contributed by atoms with Gasteiger partial charge in [0, 0.05) is 12.5 Å². The topological polar surface area (TPSA) is 77.5 Å². The average Bonchev–Trinajstić information content (AvgIpc) is 2.98. The monoisotopic (exact) mass is 290 g/mol. The fourth-order valence-corrected chi connectivity index (χ4v) is 2.06. The van der Waals surface area contributed by atoms with E-state index in [4.69, 9.17) is 9.15 Å². The lowest BCUT2D eigenvalue weighted by molar-refractivity contribution is -0.384. The number of nitro groups is 1. The number of benzene rings is 1. The van der Waals surface area contributed by atoms with Crippen LogP contribution in [-0.2, 0) is 6.42 Å². The van der Waals surface area contributed by atoms with Gasteiger partial charge in [0.1, 0.15) is 17.2 Å². The molecule has 0 amide bonds. The van der Waals surface area contributed by atoms with Crippen molar-refractivity contribution in [2.75, 3.05) is 12.4 Å². The van der Waals surface area contributed by atoms with Crippen molar-refractivity contribution in [2.45, 2.75) is 25.8 Å². The molecule has 1 N–H and O–H groups in total. The van der Waals surface area contributed by atoms with Crippen molar-refractivity contribution < 1.29 is 14.1 Å². The van der Waals surface area contributed by atoms with Gasteiger partial charge in [0.15, 0.2) is 0 Å². The first-order chi connectivity index (χ1) is 10.1. The summed E-state index contributed by atoms with van der Waals surface area (Å²) in [5.74, 6) is 1.38. The lowest BCUT2D eigenvalue weighted by Gasteiger charge is -2.15. The third-order valence-corrected chi connectivity index (χ3v) is 3.21. The van der Waals surface area contributed by atoms with E-state index in [0.29, 0.717) is 11.4 Å². The first-order valence-electron chi connectivity index (χ1n) is 6.71. The summed E-state index contributed by atoms with van der Waals surface area (Å²) in [7, 11) is 1.48. The molecule has 0 spiro atoms. The van der Waals surface area contributed by atoms with Crippen LogP contribution in [0.3, 0.4) is 0 Å². The summed E-state index contributed by atoms with van der Waals surface area (Å²) < 4.78 is 10.3. The second-order valence-electron chi connectivity index (χ2n) is 4.80. The first-order valence-corrected chi connectivity index (χ1v) is 6.71. The van der Waals surface area contributed by atoms with Crippen LogP contribution in [0.5, 0.6) is 5.75 Å². The molecule has 0 saturated carbocycles. The molecule has 6 nitrogen and oxygen atoms in total. The zero-order valence-electron chi connectivity index (χ0n) is 12.0. The van der Waals surface area contributed by atoms with Gasteiger partial charge in [0.05, 0.1) is 24.4 Å². The predicted octanol–water partition coefficient (Wildman–Crippen LogP) is 3.63. The number of rotatable bonds is 7. The van der Waals surface area contributed by atoms with Crippen molar-refractivity contribution in [3.05, 3.63) is 52.5 Å². The van der Waals surface area contributed by atoms with E-state index in [1.807, 2.05) is 19.1 Å². The maximum Gasteiger partial charge on any atom is 0.296 e. The Morgan fingerprint density at radius 3 is 2.86 bits per heavy atom. The molecule has 0 aliphatic heterocycles. The summed E-state index contributed by atoms with van der Waals surface area (Å²) in [5, 5.41) is 14.3. The number of furan rings is 1. The molecule has 0 radical (unpaired) electrons. The molecule has 21 heavy (non-hydrogen) atoms. The van der Waals surface area contributed by atoms with Crippen LogP contribution in [0.1, 0.15) is 19.1 Å². The van der Waals surface area contributed by atoms with Crippen molar-refractivity contribution in [2.24, 2.45) is 0 Å². The number of ether oxygens (including phenoxy) is 1. The van der Waals surface area contributed by atoms with Crippen LogP contribution < -0.4 is 10.1 Å². The normalized spacial score (nSPS) is 11.9. The van der Waals surface area contributed by atoms with E-state index in [-0.39, 0.29) is 11.7 Å². The van der Waals surface area contributed by atoms with Crippen molar-refractivity contribution in [1.29, 1.82) is 0 Å². The van der Waals surface area contributed by atoms with Gasteiger partial charge >= 0.3 is 0 Å². The van der Waals surface area contributed by atoms with Gasteiger partial charge in [-0.1, -0.05) is 0 Å². The Kier molecular flexibility index (Phi) is 4.81. The standard InChI is InChI=1S/C15H18N2O4/c1-11(5-6-12-4-3-9-21-12)16-14-8-7-13(20-2)10-15(14)17(18)19/h3-4,7-11,16H,5-6H2,1-2H3. The quantitative estimate of drug-likeness (QED) is 0.622. The van der Waals surface area contributed by atoms with E-state index in [0.717, 1.165) is 18.6 Å². The van der Waals surface area contributed by atoms with E-state index < -0.39 is 4.92 Å². The van der Waals surface area contributed by atoms with Gasteiger partial charge < -0.3 is 14.5 Å². The third-order valence-electron chi connectivity index (χ3n) is 3.21. The Hall–Kier alpha value is -2.50. The Morgan fingerprint density at radius 1 is 1.43 bits per heavy atom. The Balaban J connectivity index is 2.02. The molecule has 2 aromatic rings. The zero-order valence-corrected chi connectivity index (χ0v) is 12.0. The fourth-order valence-electron chi connectivity index (χ4n) is 2.06. The summed E-state index contributed by atoms with van der Waals surface area (Å²) in [4.78, 5) is 10.7. The predicted molar refractivity (Wildman–Crippen MR) is 79.8 cm³/mol. The molecular formula is C15H18N2O4. The smallest absolute Gasteiger partial charge is 0.296 e. The molecule has 6 heteroatoms. The molecule has 1 aromatic carbocycles. The van der Waals surface area contributed by atoms with Crippen molar-refractivity contribution >= 4 is 11.4 Å². The van der Waals surface area contributed by atoms with Crippen LogP contribution in [0.4, 0.5) is 11.4 Å². The van der Waals surface area contributed by atoms with Crippen LogP contribution >= 0.6 is 0 Å². The van der Waals surface area contributed by atoms with Gasteiger partial charge in [-0.05, 0) is 37.6 Å². The fraction of sp³-hybridized carbons (Fsp3) is 0.333.